The quantitative estimate of drug-likeness (QED) is 0.728. The molecule has 1 aromatic rings. The number of anilines is 1. The van der Waals surface area contributed by atoms with Crippen molar-refractivity contribution in [2.24, 2.45) is 0 Å². The summed E-state index contributed by atoms with van der Waals surface area (Å²) in [5, 5.41) is 0. The van der Waals surface area contributed by atoms with E-state index in [0.717, 1.165) is 12.2 Å². The fraction of sp³-hybridized carbons (Fsp3) is 0.462. The van der Waals surface area contributed by atoms with Gasteiger partial charge in [-0.05, 0) is 44.9 Å². The van der Waals surface area contributed by atoms with E-state index in [-0.39, 0.29) is 11.6 Å². The van der Waals surface area contributed by atoms with Crippen LogP contribution in [0.2, 0.25) is 0 Å². The van der Waals surface area contributed by atoms with E-state index < -0.39 is 0 Å². The number of rotatable bonds is 4. The molecule has 3 heteroatoms. The van der Waals surface area contributed by atoms with Crippen LogP contribution in [0.4, 0.5) is 10.1 Å². The molecule has 0 radical (unpaired) electrons. The first kappa shape index (κ1) is 11.1. The number of hydrogen-bond acceptors (Lipinski definition) is 2. The number of Topliss-reactive ketones (excluding diaryl/α,β-unsaturated/α-hetero) is 1. The van der Waals surface area contributed by atoms with Gasteiger partial charge in [0.1, 0.15) is 5.82 Å². The zero-order chi connectivity index (χ0) is 11.7. The van der Waals surface area contributed by atoms with Crippen LogP contribution in [0.1, 0.15) is 37.0 Å². The number of carbonyl (C=O) groups excluding carboxylic acids is 1. The van der Waals surface area contributed by atoms with Gasteiger partial charge in [-0.2, -0.15) is 0 Å². The highest BCUT2D eigenvalue weighted by molar-refractivity contribution is 5.99. The highest BCUT2D eigenvalue weighted by atomic mass is 19.1. The highest BCUT2D eigenvalue weighted by Gasteiger charge is 2.29. The summed E-state index contributed by atoms with van der Waals surface area (Å²) < 4.78 is 13.1. The van der Waals surface area contributed by atoms with E-state index in [2.05, 4.69) is 11.8 Å². The summed E-state index contributed by atoms with van der Waals surface area (Å²) >= 11 is 0. The highest BCUT2D eigenvalue weighted by Crippen LogP contribution is 2.33. The largest absolute Gasteiger partial charge is 0.368 e. The fourth-order valence-electron chi connectivity index (χ4n) is 2.05. The molecule has 0 spiro atoms. The molecule has 0 amide bonds. The minimum absolute atomic E-state index is 0.0754. The van der Waals surface area contributed by atoms with Gasteiger partial charge < -0.3 is 4.90 Å². The predicted molar refractivity (Wildman–Crippen MR) is 62.4 cm³/mol. The summed E-state index contributed by atoms with van der Waals surface area (Å²) in [5.74, 6) is -0.422. The Balaban J connectivity index is 2.41. The van der Waals surface area contributed by atoms with E-state index in [1.54, 1.807) is 6.07 Å². The average molecular weight is 221 g/mol. The summed E-state index contributed by atoms with van der Waals surface area (Å²) in [5.41, 5.74) is 1.37. The zero-order valence-corrected chi connectivity index (χ0v) is 9.66. The molecular weight excluding hydrogens is 205 g/mol. The molecule has 1 aliphatic carbocycles. The van der Waals surface area contributed by atoms with E-state index in [9.17, 15) is 9.18 Å². The normalized spacial score (nSPS) is 14.9. The number of carbonyl (C=O) groups is 1. The zero-order valence-electron chi connectivity index (χ0n) is 9.66. The van der Waals surface area contributed by atoms with Gasteiger partial charge in [-0.3, -0.25) is 4.79 Å². The minimum Gasteiger partial charge on any atom is -0.368 e. The molecule has 1 aliphatic rings. The van der Waals surface area contributed by atoms with Crippen LogP contribution in [-0.2, 0) is 0 Å². The summed E-state index contributed by atoms with van der Waals surface area (Å²) in [6, 6.07) is 5.01. The van der Waals surface area contributed by atoms with Gasteiger partial charge in [0.25, 0.3) is 0 Å². The van der Waals surface area contributed by atoms with Gasteiger partial charge in [0.05, 0.1) is 0 Å². The van der Waals surface area contributed by atoms with Crippen molar-refractivity contribution in [1.82, 2.24) is 0 Å². The summed E-state index contributed by atoms with van der Waals surface area (Å²) in [6.07, 6.45) is 2.34. The van der Waals surface area contributed by atoms with Crippen molar-refractivity contribution in [3.8, 4) is 0 Å². The molecule has 86 valence electrons. The summed E-state index contributed by atoms with van der Waals surface area (Å²) in [7, 11) is 0. The summed E-state index contributed by atoms with van der Waals surface area (Å²) in [6.45, 7) is 4.40. The monoisotopic (exact) mass is 221 g/mol. The van der Waals surface area contributed by atoms with Crippen LogP contribution in [0, 0.1) is 5.82 Å². The molecule has 0 N–H and O–H groups in total. The molecule has 0 aromatic heterocycles. The second kappa shape index (κ2) is 4.24. The van der Waals surface area contributed by atoms with Crippen molar-refractivity contribution in [3.63, 3.8) is 0 Å². The van der Waals surface area contributed by atoms with Gasteiger partial charge in [0, 0.05) is 23.8 Å². The van der Waals surface area contributed by atoms with E-state index in [1.807, 2.05) is 0 Å². The third-order valence-corrected chi connectivity index (χ3v) is 2.98. The van der Waals surface area contributed by atoms with Crippen LogP contribution in [0.15, 0.2) is 18.2 Å². The third kappa shape index (κ3) is 2.08. The fourth-order valence-corrected chi connectivity index (χ4v) is 2.05. The molecule has 16 heavy (non-hydrogen) atoms. The van der Waals surface area contributed by atoms with E-state index >= 15 is 0 Å². The lowest BCUT2D eigenvalue weighted by Gasteiger charge is -2.24. The Hall–Kier alpha value is -1.38. The van der Waals surface area contributed by atoms with Crippen molar-refractivity contribution in [2.45, 2.75) is 32.7 Å². The van der Waals surface area contributed by atoms with Gasteiger partial charge >= 0.3 is 0 Å². The Bertz CT molecular complexity index is 412. The van der Waals surface area contributed by atoms with Gasteiger partial charge in [0.2, 0.25) is 0 Å². The minimum atomic E-state index is -0.346. The number of hydrogen-bond donors (Lipinski definition) is 0. The maximum atomic E-state index is 13.1. The molecule has 0 aliphatic heterocycles. The second-order valence-corrected chi connectivity index (χ2v) is 4.23. The van der Waals surface area contributed by atoms with Crippen LogP contribution < -0.4 is 4.90 Å². The smallest absolute Gasteiger partial charge is 0.161 e. The van der Waals surface area contributed by atoms with E-state index in [1.165, 1.54) is 31.9 Å². The SMILES string of the molecule is CCN(c1ccc(F)cc1C(C)=O)C1CC1. The first-order chi connectivity index (χ1) is 7.63. The average Bonchev–Trinajstić information content (AvgIpc) is 3.05. The van der Waals surface area contributed by atoms with Crippen LogP contribution in [0.5, 0.6) is 0 Å². The molecule has 0 atom stereocenters. The van der Waals surface area contributed by atoms with Gasteiger partial charge in [-0.25, -0.2) is 4.39 Å². The topological polar surface area (TPSA) is 20.3 Å². The second-order valence-electron chi connectivity index (χ2n) is 4.23. The molecule has 1 fully saturated rings. The molecule has 0 bridgehead atoms. The lowest BCUT2D eigenvalue weighted by molar-refractivity contribution is 0.101. The molecule has 0 unspecified atom stereocenters. The van der Waals surface area contributed by atoms with Crippen molar-refractivity contribution >= 4 is 11.5 Å². The van der Waals surface area contributed by atoms with Crippen molar-refractivity contribution in [3.05, 3.63) is 29.6 Å². The summed E-state index contributed by atoms with van der Waals surface area (Å²) in [4.78, 5) is 13.7. The van der Waals surface area contributed by atoms with Crippen LogP contribution in [0.25, 0.3) is 0 Å². The molecule has 1 aromatic carbocycles. The Kier molecular flexibility index (Phi) is 2.95. The molecular formula is C13H16FNO. The van der Waals surface area contributed by atoms with Crippen LogP contribution in [-0.4, -0.2) is 18.4 Å². The molecule has 0 heterocycles. The molecule has 1 saturated carbocycles. The molecule has 0 saturated heterocycles. The number of halogens is 1. The number of nitrogens with zero attached hydrogens (tertiary/aromatic N) is 1. The number of ketones is 1. The Morgan fingerprint density at radius 3 is 2.69 bits per heavy atom. The van der Waals surface area contributed by atoms with Crippen molar-refractivity contribution < 1.29 is 9.18 Å². The predicted octanol–water partition coefficient (Wildman–Crippen LogP) is 3.02. The lowest BCUT2D eigenvalue weighted by Crippen LogP contribution is -2.26. The molecule has 2 nitrogen and oxygen atoms in total. The van der Waals surface area contributed by atoms with E-state index in [4.69, 9.17) is 0 Å². The van der Waals surface area contributed by atoms with Gasteiger partial charge in [0.15, 0.2) is 5.78 Å². The molecule has 2 rings (SSSR count). The standard InChI is InChI=1S/C13H16FNO/c1-3-15(11-5-6-11)13-7-4-10(14)8-12(13)9(2)16/h4,7-8,11H,3,5-6H2,1-2H3. The van der Waals surface area contributed by atoms with Crippen LogP contribution in [0.3, 0.4) is 0 Å². The first-order valence-electron chi connectivity index (χ1n) is 5.70. The lowest BCUT2D eigenvalue weighted by atomic mass is 10.1. The van der Waals surface area contributed by atoms with E-state index in [0.29, 0.717) is 11.6 Å². The van der Waals surface area contributed by atoms with Gasteiger partial charge in [-0.1, -0.05) is 0 Å². The van der Waals surface area contributed by atoms with Crippen molar-refractivity contribution in [1.29, 1.82) is 0 Å². The maximum Gasteiger partial charge on any atom is 0.161 e. The van der Waals surface area contributed by atoms with Crippen LogP contribution >= 0.6 is 0 Å². The Labute approximate surface area is 95.1 Å². The Morgan fingerprint density at radius 2 is 2.19 bits per heavy atom. The first-order valence-corrected chi connectivity index (χ1v) is 5.70. The van der Waals surface area contributed by atoms with Crippen molar-refractivity contribution in [2.75, 3.05) is 11.4 Å². The maximum absolute atomic E-state index is 13.1. The number of benzene rings is 1. The third-order valence-electron chi connectivity index (χ3n) is 2.98. The van der Waals surface area contributed by atoms with Gasteiger partial charge in [-0.15, -0.1) is 0 Å². The Morgan fingerprint density at radius 1 is 1.50 bits per heavy atom.